The van der Waals surface area contributed by atoms with Crippen LogP contribution in [-0.4, -0.2) is 43.4 Å². The van der Waals surface area contributed by atoms with E-state index in [1.54, 1.807) is 7.11 Å². The number of nitrogens with one attached hydrogen (secondary N) is 1. The van der Waals surface area contributed by atoms with Gasteiger partial charge >= 0.3 is 0 Å². The lowest BCUT2D eigenvalue weighted by atomic mass is 9.70. The number of amides is 1. The van der Waals surface area contributed by atoms with Gasteiger partial charge in [-0.25, -0.2) is 0 Å². The number of piperidine rings is 1. The molecule has 1 saturated heterocycles. The molecule has 4 rings (SSSR count). The van der Waals surface area contributed by atoms with E-state index in [1.165, 1.54) is 0 Å². The lowest BCUT2D eigenvalue weighted by Crippen LogP contribution is -2.45. The number of Topliss-reactive ketones (excluding diaryl/α,β-unsaturated/α-hetero) is 1. The highest BCUT2D eigenvalue weighted by Crippen LogP contribution is 2.45. The number of likely N-dealkylation sites (tertiary alicyclic amines) is 1. The van der Waals surface area contributed by atoms with Gasteiger partial charge in [0.25, 0.3) is 5.91 Å². The van der Waals surface area contributed by atoms with Crippen LogP contribution in [0.2, 0.25) is 0 Å². The molecule has 1 aromatic carbocycles. The molecular weight excluding hydrogens is 392 g/mol. The van der Waals surface area contributed by atoms with Crippen molar-refractivity contribution in [2.24, 2.45) is 5.92 Å². The summed E-state index contributed by atoms with van der Waals surface area (Å²) < 4.78 is 11.3. The van der Waals surface area contributed by atoms with Crippen molar-refractivity contribution < 1.29 is 19.1 Å². The maximum atomic E-state index is 13.7. The molecule has 31 heavy (non-hydrogen) atoms. The number of fused-ring (bicyclic) bond motifs is 1. The van der Waals surface area contributed by atoms with Crippen LogP contribution in [0, 0.1) is 5.92 Å². The lowest BCUT2D eigenvalue weighted by molar-refractivity contribution is -0.129. The maximum absolute atomic E-state index is 13.7. The van der Waals surface area contributed by atoms with Crippen molar-refractivity contribution in [2.75, 3.05) is 26.8 Å². The number of methoxy groups -OCH3 is 1. The van der Waals surface area contributed by atoms with Gasteiger partial charge in [0.2, 0.25) is 0 Å². The first-order chi connectivity index (χ1) is 15.0. The summed E-state index contributed by atoms with van der Waals surface area (Å²) in [5.41, 5.74) is 3.37. The third kappa shape index (κ3) is 4.08. The normalized spacial score (nSPS) is 23.6. The third-order valence-electron chi connectivity index (χ3n) is 6.54. The Morgan fingerprint density at radius 2 is 1.94 bits per heavy atom. The van der Waals surface area contributed by atoms with Crippen molar-refractivity contribution in [3.05, 3.63) is 46.8 Å². The minimum Gasteiger partial charge on any atom is -0.493 e. The minimum atomic E-state index is -0.371. The van der Waals surface area contributed by atoms with Crippen LogP contribution in [0.25, 0.3) is 0 Å². The summed E-state index contributed by atoms with van der Waals surface area (Å²) in [5, 5.41) is 3.40. The highest BCUT2D eigenvalue weighted by molar-refractivity contribution is 5.99. The summed E-state index contributed by atoms with van der Waals surface area (Å²) in [6, 6.07) is 5.78. The van der Waals surface area contributed by atoms with Crippen molar-refractivity contribution >= 4 is 11.7 Å². The Morgan fingerprint density at radius 3 is 2.65 bits per heavy atom. The Bertz CT molecular complexity index is 927. The quantitative estimate of drug-likeness (QED) is 0.776. The zero-order valence-corrected chi connectivity index (χ0v) is 18.7. The minimum absolute atomic E-state index is 0.0416. The summed E-state index contributed by atoms with van der Waals surface area (Å²) in [4.78, 5) is 28.7. The monoisotopic (exact) mass is 424 g/mol. The number of ketones is 1. The smallest absolute Gasteiger partial charge is 0.252 e. The summed E-state index contributed by atoms with van der Waals surface area (Å²) >= 11 is 0. The number of hydrogen-bond donors (Lipinski definition) is 1. The number of hydrogen-bond acceptors (Lipinski definition) is 5. The summed E-state index contributed by atoms with van der Waals surface area (Å²) in [6.45, 7) is 5.97. The molecule has 0 radical (unpaired) electrons. The predicted octanol–water partition coefficient (Wildman–Crippen LogP) is 3.93. The molecule has 0 saturated carbocycles. The lowest BCUT2D eigenvalue weighted by Gasteiger charge is -2.40. The number of benzene rings is 1. The van der Waals surface area contributed by atoms with Gasteiger partial charge < -0.3 is 19.7 Å². The molecule has 1 aliphatic carbocycles. The molecule has 0 bridgehead atoms. The zero-order valence-electron chi connectivity index (χ0n) is 18.7. The van der Waals surface area contributed by atoms with Crippen LogP contribution in [0.3, 0.4) is 0 Å². The highest BCUT2D eigenvalue weighted by Gasteiger charge is 2.44. The molecule has 2 heterocycles. The van der Waals surface area contributed by atoms with Gasteiger partial charge in [0.1, 0.15) is 5.78 Å². The second-order valence-electron chi connectivity index (χ2n) is 8.48. The number of carbonyl (C=O) groups is 2. The Balaban J connectivity index is 1.82. The summed E-state index contributed by atoms with van der Waals surface area (Å²) in [6.07, 6.45) is 6.57. The first kappa shape index (κ1) is 21.5. The van der Waals surface area contributed by atoms with Crippen LogP contribution in [-0.2, 0) is 9.59 Å². The van der Waals surface area contributed by atoms with E-state index < -0.39 is 0 Å². The molecule has 1 amide bonds. The van der Waals surface area contributed by atoms with Crippen LogP contribution in [0.1, 0.15) is 57.4 Å². The average Bonchev–Trinajstić information content (AvgIpc) is 2.79. The van der Waals surface area contributed by atoms with Crippen LogP contribution in [0.4, 0.5) is 0 Å². The first-order valence-corrected chi connectivity index (χ1v) is 11.4. The Labute approximate surface area is 184 Å². The molecule has 1 N–H and O–H groups in total. The van der Waals surface area contributed by atoms with E-state index >= 15 is 0 Å². The fraction of sp³-hybridized carbons (Fsp3) is 0.520. The van der Waals surface area contributed by atoms with Gasteiger partial charge in [-0.05, 0) is 57.2 Å². The number of carbonyl (C=O) groups excluding carboxylic acids is 2. The van der Waals surface area contributed by atoms with E-state index in [0.29, 0.717) is 30.1 Å². The highest BCUT2D eigenvalue weighted by atomic mass is 16.5. The summed E-state index contributed by atoms with van der Waals surface area (Å²) in [7, 11) is 1.61. The molecule has 6 heteroatoms. The van der Waals surface area contributed by atoms with Gasteiger partial charge in [-0.2, -0.15) is 0 Å². The molecule has 1 aromatic rings. The van der Waals surface area contributed by atoms with E-state index in [1.807, 2.05) is 36.9 Å². The fourth-order valence-corrected chi connectivity index (χ4v) is 5.08. The maximum Gasteiger partial charge on any atom is 0.252 e. The molecule has 0 aromatic heterocycles. The van der Waals surface area contributed by atoms with Crippen molar-refractivity contribution in [1.82, 2.24) is 10.2 Å². The Morgan fingerprint density at radius 1 is 1.16 bits per heavy atom. The second-order valence-corrected chi connectivity index (χ2v) is 8.48. The van der Waals surface area contributed by atoms with E-state index in [0.717, 1.165) is 55.7 Å². The van der Waals surface area contributed by atoms with Gasteiger partial charge in [0.15, 0.2) is 11.5 Å². The standard InChI is InChI=1S/C25H32N2O4/c1-4-31-20-12-11-17(15-21(20)30-3)23-22(25(29)27-13-6-5-7-14-27)16(2)26-18-9-8-10-19(28)24(18)23/h9,11-12,15,23-24,26H,4-8,10,13-14H2,1-3H3. The third-order valence-corrected chi connectivity index (χ3v) is 6.54. The van der Waals surface area contributed by atoms with Gasteiger partial charge in [0.05, 0.1) is 19.6 Å². The molecule has 3 aliphatic rings. The van der Waals surface area contributed by atoms with E-state index in [4.69, 9.17) is 9.47 Å². The van der Waals surface area contributed by atoms with Crippen LogP contribution in [0.15, 0.2) is 41.2 Å². The topological polar surface area (TPSA) is 67.9 Å². The van der Waals surface area contributed by atoms with Gasteiger partial charge in [-0.1, -0.05) is 12.1 Å². The predicted molar refractivity (Wildman–Crippen MR) is 119 cm³/mol. The number of allylic oxidation sites excluding steroid dienone is 3. The molecule has 2 aliphatic heterocycles. The molecule has 2 atom stereocenters. The van der Waals surface area contributed by atoms with E-state index in [2.05, 4.69) is 11.4 Å². The van der Waals surface area contributed by atoms with Gasteiger partial charge in [-0.3, -0.25) is 9.59 Å². The van der Waals surface area contributed by atoms with Crippen molar-refractivity contribution in [3.63, 3.8) is 0 Å². The average molecular weight is 425 g/mol. The molecular formula is C25H32N2O4. The van der Waals surface area contributed by atoms with Crippen molar-refractivity contribution in [2.45, 2.75) is 51.9 Å². The number of rotatable bonds is 5. The second kappa shape index (κ2) is 9.16. The number of nitrogens with zero attached hydrogens (tertiary/aromatic N) is 1. The fourth-order valence-electron chi connectivity index (χ4n) is 5.08. The Kier molecular flexibility index (Phi) is 6.35. The summed E-state index contributed by atoms with van der Waals surface area (Å²) in [5.74, 6) is 0.800. The van der Waals surface area contributed by atoms with E-state index in [9.17, 15) is 9.59 Å². The van der Waals surface area contributed by atoms with Crippen LogP contribution >= 0.6 is 0 Å². The molecule has 6 nitrogen and oxygen atoms in total. The molecule has 0 spiro atoms. The Hall–Kier alpha value is -2.76. The van der Waals surface area contributed by atoms with E-state index in [-0.39, 0.29) is 23.5 Å². The zero-order chi connectivity index (χ0) is 22.0. The van der Waals surface area contributed by atoms with Gasteiger partial charge in [-0.15, -0.1) is 0 Å². The van der Waals surface area contributed by atoms with Gasteiger partial charge in [0, 0.05) is 42.4 Å². The largest absolute Gasteiger partial charge is 0.493 e. The van der Waals surface area contributed by atoms with Crippen LogP contribution in [0.5, 0.6) is 11.5 Å². The first-order valence-electron chi connectivity index (χ1n) is 11.4. The van der Waals surface area contributed by atoms with Crippen molar-refractivity contribution in [1.29, 1.82) is 0 Å². The number of ether oxygens (including phenoxy) is 2. The molecule has 2 unspecified atom stereocenters. The SMILES string of the molecule is CCOc1ccc(C2C(C(=O)N3CCCCC3)=C(C)NC3=CCCC(=O)C32)cc1OC. The van der Waals surface area contributed by atoms with Crippen LogP contribution < -0.4 is 14.8 Å². The molecule has 166 valence electrons. The molecule has 1 fully saturated rings. The van der Waals surface area contributed by atoms with Crippen molar-refractivity contribution in [3.8, 4) is 11.5 Å².